The summed E-state index contributed by atoms with van der Waals surface area (Å²) in [7, 11) is 0. The third kappa shape index (κ3) is 2.16. The second kappa shape index (κ2) is 4.91. The third-order valence-electron chi connectivity index (χ3n) is 5.18. The lowest BCUT2D eigenvalue weighted by Crippen LogP contribution is -2.48. The van der Waals surface area contributed by atoms with Crippen LogP contribution in [-0.2, 0) is 4.79 Å². The fraction of sp³-hybridized carbons (Fsp3) is 0.929. The molecule has 0 spiro atoms. The summed E-state index contributed by atoms with van der Waals surface area (Å²) < 4.78 is 0. The number of alkyl halides is 1. The first kappa shape index (κ1) is 12.0. The van der Waals surface area contributed by atoms with Gasteiger partial charge in [-0.05, 0) is 50.4 Å². The van der Waals surface area contributed by atoms with E-state index in [0.717, 1.165) is 23.7 Å². The number of hydrogen-bond acceptors (Lipinski definition) is 1. The van der Waals surface area contributed by atoms with Crippen molar-refractivity contribution in [2.45, 2.75) is 51.0 Å². The second-order valence-corrected chi connectivity index (χ2v) is 6.88. The molecule has 3 aliphatic carbocycles. The van der Waals surface area contributed by atoms with Crippen molar-refractivity contribution in [1.82, 2.24) is 4.90 Å². The average molecular weight is 300 g/mol. The predicted octanol–water partition coefficient (Wildman–Crippen LogP) is 3.20. The third-order valence-corrected chi connectivity index (χ3v) is 5.53. The lowest BCUT2D eigenvalue weighted by atomic mass is 9.85. The van der Waals surface area contributed by atoms with E-state index in [2.05, 4.69) is 20.8 Å². The van der Waals surface area contributed by atoms with Gasteiger partial charge in [-0.25, -0.2) is 0 Å². The molecule has 3 unspecified atom stereocenters. The summed E-state index contributed by atoms with van der Waals surface area (Å²) >= 11 is 3.50. The molecule has 2 bridgehead atoms. The van der Waals surface area contributed by atoms with Crippen LogP contribution in [0.4, 0.5) is 0 Å². The summed E-state index contributed by atoms with van der Waals surface area (Å²) in [5.41, 5.74) is 0. The van der Waals surface area contributed by atoms with Crippen LogP contribution in [0.15, 0.2) is 0 Å². The van der Waals surface area contributed by atoms with Crippen LogP contribution in [0.3, 0.4) is 0 Å². The van der Waals surface area contributed by atoms with Gasteiger partial charge in [0.15, 0.2) is 0 Å². The normalized spacial score (nSPS) is 35.9. The number of amides is 1. The van der Waals surface area contributed by atoms with Gasteiger partial charge in [0.1, 0.15) is 0 Å². The van der Waals surface area contributed by atoms with Gasteiger partial charge < -0.3 is 4.90 Å². The maximum absolute atomic E-state index is 12.7. The highest BCUT2D eigenvalue weighted by atomic mass is 79.9. The monoisotopic (exact) mass is 299 g/mol. The van der Waals surface area contributed by atoms with Crippen molar-refractivity contribution in [2.24, 2.45) is 17.8 Å². The largest absolute Gasteiger partial charge is 0.339 e. The molecule has 17 heavy (non-hydrogen) atoms. The first-order valence-electron chi connectivity index (χ1n) is 7.16. The van der Waals surface area contributed by atoms with Gasteiger partial charge in [0.25, 0.3) is 0 Å². The first-order chi connectivity index (χ1) is 8.29. The Morgan fingerprint density at radius 3 is 2.47 bits per heavy atom. The van der Waals surface area contributed by atoms with Gasteiger partial charge >= 0.3 is 0 Å². The molecule has 1 amide bonds. The van der Waals surface area contributed by atoms with Crippen LogP contribution in [0.2, 0.25) is 0 Å². The van der Waals surface area contributed by atoms with Crippen molar-refractivity contribution < 1.29 is 4.79 Å². The molecule has 3 aliphatic rings. The van der Waals surface area contributed by atoms with Crippen LogP contribution in [0.1, 0.15) is 44.9 Å². The zero-order valence-electron chi connectivity index (χ0n) is 10.4. The minimum atomic E-state index is 0.383. The van der Waals surface area contributed by atoms with Crippen LogP contribution in [-0.4, -0.2) is 28.7 Å². The molecule has 0 radical (unpaired) electrons. The van der Waals surface area contributed by atoms with Crippen LogP contribution in [0.5, 0.6) is 0 Å². The van der Waals surface area contributed by atoms with Crippen LogP contribution in [0, 0.1) is 17.8 Å². The number of nitrogens with zero attached hydrogens (tertiary/aromatic N) is 1. The van der Waals surface area contributed by atoms with Crippen molar-refractivity contribution >= 4 is 21.8 Å². The Labute approximate surface area is 112 Å². The molecular formula is C14H22BrNO. The van der Waals surface area contributed by atoms with E-state index < -0.39 is 0 Å². The maximum atomic E-state index is 12.7. The highest BCUT2D eigenvalue weighted by Gasteiger charge is 2.45. The summed E-state index contributed by atoms with van der Waals surface area (Å²) in [6.07, 6.45) is 9.01. The molecule has 0 aliphatic heterocycles. The van der Waals surface area contributed by atoms with E-state index in [9.17, 15) is 4.79 Å². The first-order valence-corrected chi connectivity index (χ1v) is 8.28. The van der Waals surface area contributed by atoms with Crippen molar-refractivity contribution in [2.75, 3.05) is 11.9 Å². The van der Waals surface area contributed by atoms with Gasteiger partial charge in [-0.3, -0.25) is 4.79 Å². The molecule has 3 saturated carbocycles. The molecule has 0 heterocycles. The summed E-state index contributed by atoms with van der Waals surface area (Å²) in [5, 5.41) is 0.927. The fourth-order valence-electron chi connectivity index (χ4n) is 4.02. The van der Waals surface area contributed by atoms with E-state index in [1.807, 2.05) is 0 Å². The predicted molar refractivity (Wildman–Crippen MR) is 72.1 cm³/mol. The molecule has 2 nitrogen and oxygen atoms in total. The highest BCUT2D eigenvalue weighted by Crippen LogP contribution is 2.49. The Kier molecular flexibility index (Phi) is 3.47. The standard InChI is InChI=1S/C14H22BrNO/c15-6-7-16(12-2-1-3-12)14(17)13-9-10-4-5-11(13)8-10/h10-13H,1-9H2. The summed E-state index contributed by atoms with van der Waals surface area (Å²) in [6.45, 7) is 0.914. The van der Waals surface area contributed by atoms with E-state index in [-0.39, 0.29) is 0 Å². The molecule has 0 saturated heterocycles. The maximum Gasteiger partial charge on any atom is 0.226 e. The number of halogens is 1. The van der Waals surface area contributed by atoms with Gasteiger partial charge in [-0.2, -0.15) is 0 Å². The van der Waals surface area contributed by atoms with E-state index in [1.165, 1.54) is 44.9 Å². The quantitative estimate of drug-likeness (QED) is 0.730. The van der Waals surface area contributed by atoms with E-state index >= 15 is 0 Å². The Morgan fingerprint density at radius 2 is 2.00 bits per heavy atom. The molecule has 3 heteroatoms. The lowest BCUT2D eigenvalue weighted by molar-refractivity contribution is -0.141. The molecule has 3 fully saturated rings. The van der Waals surface area contributed by atoms with Gasteiger partial charge in [0.05, 0.1) is 0 Å². The number of fused-ring (bicyclic) bond motifs is 2. The Hall–Kier alpha value is -0.0500. The Bertz CT molecular complexity index is 303. The molecule has 3 atom stereocenters. The number of carbonyl (C=O) groups excluding carboxylic acids is 1. The summed E-state index contributed by atoms with van der Waals surface area (Å²) in [6, 6.07) is 0.569. The molecule has 0 N–H and O–H groups in total. The topological polar surface area (TPSA) is 20.3 Å². The SMILES string of the molecule is O=C(C1CC2CCC1C2)N(CCBr)C1CCC1. The van der Waals surface area contributed by atoms with E-state index in [4.69, 9.17) is 0 Å². The van der Waals surface area contributed by atoms with Crippen LogP contribution < -0.4 is 0 Å². The fourth-order valence-corrected chi connectivity index (χ4v) is 4.40. The number of hydrogen-bond donors (Lipinski definition) is 0. The summed E-state index contributed by atoms with van der Waals surface area (Å²) in [4.78, 5) is 14.9. The molecule has 3 rings (SSSR count). The van der Waals surface area contributed by atoms with Crippen molar-refractivity contribution in [1.29, 1.82) is 0 Å². The van der Waals surface area contributed by atoms with Gasteiger partial charge in [-0.1, -0.05) is 22.4 Å². The zero-order chi connectivity index (χ0) is 11.8. The lowest BCUT2D eigenvalue weighted by Gasteiger charge is -2.40. The van der Waals surface area contributed by atoms with Gasteiger partial charge in [0, 0.05) is 23.8 Å². The van der Waals surface area contributed by atoms with E-state index in [0.29, 0.717) is 17.9 Å². The van der Waals surface area contributed by atoms with Crippen LogP contribution >= 0.6 is 15.9 Å². The Morgan fingerprint density at radius 1 is 1.18 bits per heavy atom. The second-order valence-electron chi connectivity index (χ2n) is 6.09. The molecule has 0 aromatic heterocycles. The molecule has 96 valence electrons. The minimum Gasteiger partial charge on any atom is -0.339 e. The van der Waals surface area contributed by atoms with Gasteiger partial charge in [-0.15, -0.1) is 0 Å². The van der Waals surface area contributed by atoms with E-state index in [1.54, 1.807) is 0 Å². The number of rotatable bonds is 4. The van der Waals surface area contributed by atoms with Crippen LogP contribution in [0.25, 0.3) is 0 Å². The Balaban J connectivity index is 1.66. The zero-order valence-corrected chi connectivity index (χ0v) is 12.0. The van der Waals surface area contributed by atoms with Crippen molar-refractivity contribution in [3.05, 3.63) is 0 Å². The molecular weight excluding hydrogens is 278 g/mol. The number of carbonyl (C=O) groups is 1. The van der Waals surface area contributed by atoms with Gasteiger partial charge in [0.2, 0.25) is 5.91 Å². The summed E-state index contributed by atoms with van der Waals surface area (Å²) in [5.74, 6) is 2.47. The van der Waals surface area contributed by atoms with Crippen molar-refractivity contribution in [3.8, 4) is 0 Å². The minimum absolute atomic E-state index is 0.383. The molecule has 0 aromatic rings. The van der Waals surface area contributed by atoms with Crippen molar-refractivity contribution in [3.63, 3.8) is 0 Å². The molecule has 0 aromatic carbocycles. The highest BCUT2D eigenvalue weighted by molar-refractivity contribution is 9.09. The smallest absolute Gasteiger partial charge is 0.226 e. The average Bonchev–Trinajstić information content (AvgIpc) is 2.86.